The van der Waals surface area contributed by atoms with Crippen molar-refractivity contribution in [2.75, 3.05) is 10.8 Å². The minimum atomic E-state index is -0.941. The van der Waals surface area contributed by atoms with Gasteiger partial charge in [-0.25, -0.2) is 0 Å². The van der Waals surface area contributed by atoms with Crippen LogP contribution in [0.5, 0.6) is 0 Å². The highest BCUT2D eigenvalue weighted by Crippen LogP contribution is 2.30. The topological polar surface area (TPSA) is 67.2 Å². The molecule has 0 aliphatic heterocycles. The average Bonchev–Trinajstić information content (AvgIpc) is 3.43. The van der Waals surface area contributed by atoms with Crippen LogP contribution in [0.1, 0.15) is 30.1 Å². The number of alkyl halides is 1. The summed E-state index contributed by atoms with van der Waals surface area (Å²) in [6, 6.07) is 23.3. The summed E-state index contributed by atoms with van der Waals surface area (Å²) in [5, 5.41) is 3.05. The third kappa shape index (κ3) is 5.18. The van der Waals surface area contributed by atoms with E-state index in [4.69, 9.17) is 11.6 Å². The van der Waals surface area contributed by atoms with Gasteiger partial charge >= 0.3 is 0 Å². The Kier molecular flexibility index (Phi) is 7.40. The summed E-state index contributed by atoms with van der Waals surface area (Å²) < 4.78 is 1.96. The summed E-state index contributed by atoms with van der Waals surface area (Å²) >= 11 is 6.00. The average molecular weight is 473 g/mol. The largest absolute Gasteiger partial charge is 0.347 e. The second-order valence-corrected chi connectivity index (χ2v) is 8.10. The number of pyridine rings is 1. The first-order valence-electron chi connectivity index (χ1n) is 10.9. The fourth-order valence-electron chi connectivity index (χ4n) is 3.87. The zero-order chi connectivity index (χ0) is 23.9. The molecule has 2 amide bonds. The molecular formula is C27H25ClN4O2. The van der Waals surface area contributed by atoms with Crippen LogP contribution in [-0.4, -0.2) is 27.2 Å². The minimum absolute atomic E-state index is 0.253. The molecule has 2 aromatic carbocycles. The second-order valence-electron chi connectivity index (χ2n) is 7.83. The van der Waals surface area contributed by atoms with E-state index in [1.165, 1.54) is 4.90 Å². The maximum atomic E-state index is 13.6. The van der Waals surface area contributed by atoms with E-state index in [2.05, 4.69) is 10.3 Å². The van der Waals surface area contributed by atoms with Crippen molar-refractivity contribution >= 4 is 29.1 Å². The predicted octanol–water partition coefficient (Wildman–Crippen LogP) is 5.06. The number of nitrogens with one attached hydrogen (secondary N) is 1. The molecule has 4 aromatic rings. The molecule has 6 nitrogen and oxygen atoms in total. The quantitative estimate of drug-likeness (QED) is 0.364. The van der Waals surface area contributed by atoms with Gasteiger partial charge in [0.15, 0.2) is 0 Å². The molecule has 7 heteroatoms. The number of hydrogen-bond donors (Lipinski definition) is 1. The summed E-state index contributed by atoms with van der Waals surface area (Å²) in [5.41, 5.74) is 3.06. The first-order valence-corrected chi connectivity index (χ1v) is 11.5. The summed E-state index contributed by atoms with van der Waals surface area (Å²) in [7, 11) is 0. The van der Waals surface area contributed by atoms with Crippen LogP contribution in [0.2, 0.25) is 0 Å². The van der Waals surface area contributed by atoms with E-state index < -0.39 is 6.04 Å². The lowest BCUT2D eigenvalue weighted by molar-refractivity contribution is -0.126. The predicted molar refractivity (Wildman–Crippen MR) is 134 cm³/mol. The van der Waals surface area contributed by atoms with Crippen LogP contribution in [0.25, 0.3) is 5.69 Å². The molecule has 2 atom stereocenters. The number of anilines is 1. The van der Waals surface area contributed by atoms with Crippen molar-refractivity contribution in [2.45, 2.75) is 19.0 Å². The number of nitrogens with zero attached hydrogens (tertiary/aromatic N) is 3. The number of benzene rings is 2. The van der Waals surface area contributed by atoms with Gasteiger partial charge in [-0.3, -0.25) is 19.5 Å². The van der Waals surface area contributed by atoms with Gasteiger partial charge in [-0.15, -0.1) is 11.6 Å². The van der Waals surface area contributed by atoms with Gasteiger partial charge in [-0.1, -0.05) is 36.4 Å². The Balaban J connectivity index is 1.71. The molecule has 0 aliphatic carbocycles. The Labute approximate surface area is 203 Å². The SMILES string of the molecule is CC(NC(=O)C(c1cccnc1)N(C(=O)CCl)c1ccc(-n2cccc2)cc1)c1ccccc1. The molecule has 1 N–H and O–H groups in total. The van der Waals surface area contributed by atoms with E-state index in [-0.39, 0.29) is 23.7 Å². The van der Waals surface area contributed by atoms with Crippen molar-refractivity contribution in [3.8, 4) is 5.69 Å². The van der Waals surface area contributed by atoms with E-state index in [0.717, 1.165) is 11.3 Å². The maximum absolute atomic E-state index is 13.6. The molecule has 0 radical (unpaired) electrons. The molecule has 0 saturated carbocycles. The number of aromatic nitrogens is 2. The lowest BCUT2D eigenvalue weighted by Crippen LogP contribution is -2.45. The molecule has 0 fully saturated rings. The summed E-state index contributed by atoms with van der Waals surface area (Å²) in [4.78, 5) is 32.3. The van der Waals surface area contributed by atoms with E-state index in [1.54, 1.807) is 24.5 Å². The first-order chi connectivity index (χ1) is 16.6. The fourth-order valence-corrected chi connectivity index (χ4v) is 4.00. The van der Waals surface area contributed by atoms with Crippen LogP contribution in [0.4, 0.5) is 5.69 Å². The van der Waals surface area contributed by atoms with Crippen molar-refractivity contribution in [3.05, 3.63) is 115 Å². The molecule has 34 heavy (non-hydrogen) atoms. The van der Waals surface area contributed by atoms with Gasteiger partial charge in [0.2, 0.25) is 11.8 Å². The van der Waals surface area contributed by atoms with Gasteiger partial charge in [0.25, 0.3) is 0 Å². The Bertz CT molecular complexity index is 1210. The fraction of sp³-hybridized carbons (Fsp3) is 0.148. The van der Waals surface area contributed by atoms with Crippen LogP contribution < -0.4 is 10.2 Å². The number of hydrogen-bond acceptors (Lipinski definition) is 3. The zero-order valence-corrected chi connectivity index (χ0v) is 19.5. The number of amides is 2. The Morgan fingerprint density at radius 1 is 0.941 bits per heavy atom. The van der Waals surface area contributed by atoms with E-state index in [0.29, 0.717) is 11.3 Å². The third-order valence-corrected chi connectivity index (χ3v) is 5.81. The summed E-state index contributed by atoms with van der Waals surface area (Å²) in [6.07, 6.45) is 7.10. The molecule has 2 unspecified atom stereocenters. The standard InChI is InChI=1S/C27H25ClN4O2/c1-20(21-8-3-2-4-9-21)30-27(34)26(22-10-7-15-29-19-22)32(25(33)18-28)24-13-11-23(12-14-24)31-16-5-6-17-31/h2-17,19-20,26H,18H2,1H3,(H,30,34). The molecule has 0 bridgehead atoms. The number of rotatable bonds is 8. The summed E-state index contributed by atoms with van der Waals surface area (Å²) in [6.45, 7) is 1.91. The normalized spacial score (nSPS) is 12.5. The van der Waals surface area contributed by atoms with Crippen LogP contribution in [0.3, 0.4) is 0 Å². The van der Waals surface area contributed by atoms with Crippen LogP contribution in [0.15, 0.2) is 104 Å². The van der Waals surface area contributed by atoms with Crippen molar-refractivity contribution in [3.63, 3.8) is 0 Å². The van der Waals surface area contributed by atoms with E-state index in [1.807, 2.05) is 90.6 Å². The van der Waals surface area contributed by atoms with Gasteiger partial charge in [0.05, 0.1) is 6.04 Å². The number of carbonyl (C=O) groups is 2. The molecular weight excluding hydrogens is 448 g/mol. The van der Waals surface area contributed by atoms with Crippen molar-refractivity contribution in [1.82, 2.24) is 14.9 Å². The lowest BCUT2D eigenvalue weighted by Gasteiger charge is -2.32. The molecule has 0 aliphatic rings. The summed E-state index contributed by atoms with van der Waals surface area (Å²) in [5.74, 6) is -0.971. The van der Waals surface area contributed by atoms with Gasteiger partial charge in [0, 0.05) is 41.7 Å². The Hall–Kier alpha value is -3.90. The van der Waals surface area contributed by atoms with Crippen molar-refractivity contribution < 1.29 is 9.59 Å². The minimum Gasteiger partial charge on any atom is -0.347 e. The van der Waals surface area contributed by atoms with Crippen LogP contribution >= 0.6 is 11.6 Å². The molecule has 172 valence electrons. The van der Waals surface area contributed by atoms with Gasteiger partial charge in [0.1, 0.15) is 11.9 Å². The van der Waals surface area contributed by atoms with Crippen LogP contribution in [0, 0.1) is 0 Å². The van der Waals surface area contributed by atoms with Gasteiger partial charge < -0.3 is 9.88 Å². The highest BCUT2D eigenvalue weighted by Gasteiger charge is 2.33. The van der Waals surface area contributed by atoms with E-state index in [9.17, 15) is 9.59 Å². The zero-order valence-electron chi connectivity index (χ0n) is 18.7. The van der Waals surface area contributed by atoms with Gasteiger partial charge in [-0.2, -0.15) is 0 Å². The third-order valence-electron chi connectivity index (χ3n) is 5.58. The highest BCUT2D eigenvalue weighted by molar-refractivity contribution is 6.29. The first kappa shape index (κ1) is 23.3. The molecule has 2 heterocycles. The Morgan fingerprint density at radius 3 is 2.24 bits per heavy atom. The number of halogens is 1. The molecule has 4 rings (SSSR count). The second kappa shape index (κ2) is 10.8. The van der Waals surface area contributed by atoms with Crippen molar-refractivity contribution in [2.24, 2.45) is 0 Å². The smallest absolute Gasteiger partial charge is 0.248 e. The van der Waals surface area contributed by atoms with Crippen molar-refractivity contribution in [1.29, 1.82) is 0 Å². The number of carbonyl (C=O) groups excluding carboxylic acids is 2. The monoisotopic (exact) mass is 472 g/mol. The molecule has 2 aromatic heterocycles. The molecule has 0 spiro atoms. The maximum Gasteiger partial charge on any atom is 0.248 e. The van der Waals surface area contributed by atoms with E-state index >= 15 is 0 Å². The Morgan fingerprint density at radius 2 is 1.62 bits per heavy atom. The lowest BCUT2D eigenvalue weighted by atomic mass is 10.0. The molecule has 0 saturated heterocycles. The van der Waals surface area contributed by atoms with Gasteiger partial charge in [-0.05, 0) is 55.0 Å². The van der Waals surface area contributed by atoms with Crippen LogP contribution in [-0.2, 0) is 9.59 Å². The highest BCUT2D eigenvalue weighted by atomic mass is 35.5.